The first-order valence-corrected chi connectivity index (χ1v) is 3.48. The van der Waals surface area contributed by atoms with Gasteiger partial charge in [-0.2, -0.15) is 4.98 Å². The number of anilines is 1. The second-order valence-electron chi connectivity index (χ2n) is 2.06. The van der Waals surface area contributed by atoms with Crippen LogP contribution in [0.15, 0.2) is 21.1 Å². The van der Waals surface area contributed by atoms with Crippen molar-refractivity contribution in [3.05, 3.63) is 17.4 Å². The molecule has 0 atom stereocenters. The van der Waals surface area contributed by atoms with Crippen molar-refractivity contribution in [2.24, 2.45) is 0 Å². The van der Waals surface area contributed by atoms with Crippen LogP contribution in [0.3, 0.4) is 0 Å². The summed E-state index contributed by atoms with van der Waals surface area (Å²) in [6.45, 7) is 0. The van der Waals surface area contributed by atoms with Crippen molar-refractivity contribution in [3.8, 4) is 11.7 Å². The third kappa shape index (κ3) is 1.14. The van der Waals surface area contributed by atoms with Gasteiger partial charge >= 0.3 is 0 Å². The number of rotatable bonds is 1. The number of furan rings is 1. The zero-order chi connectivity index (χ0) is 8.55. The van der Waals surface area contributed by atoms with Gasteiger partial charge in [0.15, 0.2) is 11.0 Å². The zero-order valence-corrected chi connectivity index (χ0v) is 6.58. The monoisotopic (exact) mass is 185 g/mol. The molecule has 0 aliphatic carbocycles. The average Bonchev–Trinajstić information content (AvgIpc) is 2.58. The van der Waals surface area contributed by atoms with Gasteiger partial charge in [0.1, 0.15) is 0 Å². The van der Waals surface area contributed by atoms with Gasteiger partial charge < -0.3 is 14.7 Å². The first-order valence-electron chi connectivity index (χ1n) is 3.10. The van der Waals surface area contributed by atoms with Gasteiger partial charge in [-0.1, -0.05) is 0 Å². The minimum absolute atomic E-state index is 0.0672. The summed E-state index contributed by atoms with van der Waals surface area (Å²) in [5, 5.41) is 3.66. The molecule has 0 saturated carbocycles. The summed E-state index contributed by atoms with van der Waals surface area (Å²) in [4.78, 5) is 3.74. The highest BCUT2D eigenvalue weighted by Gasteiger charge is 2.10. The third-order valence-corrected chi connectivity index (χ3v) is 1.43. The molecule has 0 fully saturated rings. The third-order valence-electron chi connectivity index (χ3n) is 1.23. The SMILES string of the molecule is Nc1noc(-c2ccc(Cl)o2)n1. The summed E-state index contributed by atoms with van der Waals surface area (Å²) in [6, 6.07) is 3.20. The molecule has 2 aromatic heterocycles. The Bertz CT molecular complexity index is 357. The van der Waals surface area contributed by atoms with Crippen LogP contribution < -0.4 is 5.73 Å². The van der Waals surface area contributed by atoms with Crippen molar-refractivity contribution in [2.75, 3.05) is 5.73 Å². The minimum atomic E-state index is 0.0672. The number of hydrogen-bond donors (Lipinski definition) is 1. The molecule has 2 heterocycles. The summed E-state index contributed by atoms with van der Waals surface area (Å²) in [5.74, 6) is 0.695. The number of halogens is 1. The molecule has 2 aromatic rings. The summed E-state index contributed by atoms with van der Waals surface area (Å²) in [5.41, 5.74) is 5.23. The molecule has 5 nitrogen and oxygen atoms in total. The van der Waals surface area contributed by atoms with Crippen molar-refractivity contribution < 1.29 is 8.94 Å². The lowest BCUT2D eigenvalue weighted by Gasteiger charge is -1.82. The number of nitrogens with zero attached hydrogens (tertiary/aromatic N) is 2. The number of hydrogen-bond acceptors (Lipinski definition) is 5. The highest BCUT2D eigenvalue weighted by Crippen LogP contribution is 2.22. The largest absolute Gasteiger partial charge is 0.440 e. The highest BCUT2D eigenvalue weighted by molar-refractivity contribution is 6.28. The van der Waals surface area contributed by atoms with Crippen LogP contribution >= 0.6 is 11.6 Å². The predicted molar refractivity (Wildman–Crippen MR) is 41.4 cm³/mol. The van der Waals surface area contributed by atoms with Crippen LogP contribution in [0.2, 0.25) is 5.22 Å². The van der Waals surface area contributed by atoms with Crippen LogP contribution in [-0.2, 0) is 0 Å². The van der Waals surface area contributed by atoms with E-state index in [1.54, 1.807) is 12.1 Å². The van der Waals surface area contributed by atoms with Gasteiger partial charge in [-0.15, -0.1) is 0 Å². The summed E-state index contributed by atoms with van der Waals surface area (Å²) < 4.78 is 9.72. The van der Waals surface area contributed by atoms with E-state index in [0.717, 1.165) is 0 Å². The van der Waals surface area contributed by atoms with Crippen LogP contribution in [0.25, 0.3) is 11.7 Å². The lowest BCUT2D eigenvalue weighted by molar-refractivity contribution is 0.417. The molecule has 2 rings (SSSR count). The molecule has 2 N–H and O–H groups in total. The molecule has 0 radical (unpaired) electrons. The quantitative estimate of drug-likeness (QED) is 0.730. The van der Waals surface area contributed by atoms with E-state index in [9.17, 15) is 0 Å². The Labute approximate surface area is 72.1 Å². The van der Waals surface area contributed by atoms with E-state index in [1.165, 1.54) is 0 Å². The molecule has 0 spiro atoms. The lowest BCUT2D eigenvalue weighted by Crippen LogP contribution is -1.84. The van der Waals surface area contributed by atoms with Gasteiger partial charge in [0.2, 0.25) is 0 Å². The maximum absolute atomic E-state index is 5.53. The number of aromatic nitrogens is 2. The Kier molecular flexibility index (Phi) is 1.51. The second kappa shape index (κ2) is 2.53. The van der Waals surface area contributed by atoms with Crippen molar-refractivity contribution in [1.29, 1.82) is 0 Å². The summed E-state index contributed by atoms with van der Waals surface area (Å²) >= 11 is 5.53. The maximum atomic E-state index is 5.53. The molecule has 6 heteroatoms. The second-order valence-corrected chi connectivity index (χ2v) is 2.43. The van der Waals surface area contributed by atoms with Gasteiger partial charge in [-0.3, -0.25) is 0 Å². The molecule has 0 unspecified atom stereocenters. The lowest BCUT2D eigenvalue weighted by atomic mass is 10.4. The zero-order valence-electron chi connectivity index (χ0n) is 5.82. The molecule has 62 valence electrons. The smallest absolute Gasteiger partial charge is 0.295 e. The van der Waals surface area contributed by atoms with Crippen LogP contribution in [0.5, 0.6) is 0 Å². The Hall–Kier alpha value is -1.49. The normalized spacial score (nSPS) is 10.4. The van der Waals surface area contributed by atoms with Gasteiger partial charge in [0.25, 0.3) is 11.8 Å². The van der Waals surface area contributed by atoms with Crippen LogP contribution in [0.1, 0.15) is 0 Å². The Balaban J connectivity index is 2.43. The topological polar surface area (TPSA) is 78.1 Å². The molecule has 0 aliphatic heterocycles. The van der Waals surface area contributed by atoms with Crippen molar-refractivity contribution in [1.82, 2.24) is 10.1 Å². The van der Waals surface area contributed by atoms with Crippen LogP contribution in [0, 0.1) is 0 Å². The van der Waals surface area contributed by atoms with Crippen LogP contribution in [-0.4, -0.2) is 10.1 Å². The van der Waals surface area contributed by atoms with E-state index in [-0.39, 0.29) is 17.1 Å². The Morgan fingerprint density at radius 3 is 2.75 bits per heavy atom. The summed E-state index contributed by atoms with van der Waals surface area (Å²) in [7, 11) is 0. The van der Waals surface area contributed by atoms with E-state index >= 15 is 0 Å². The van der Waals surface area contributed by atoms with Gasteiger partial charge in [0.05, 0.1) is 0 Å². The van der Waals surface area contributed by atoms with Crippen LogP contribution in [0.4, 0.5) is 5.95 Å². The number of nitrogen functional groups attached to an aromatic ring is 1. The molecule has 0 bridgehead atoms. The Morgan fingerprint density at radius 2 is 2.25 bits per heavy atom. The molecule has 0 aliphatic rings. The molecule has 0 aromatic carbocycles. The molecular weight excluding hydrogens is 182 g/mol. The van der Waals surface area contributed by atoms with E-state index < -0.39 is 0 Å². The van der Waals surface area contributed by atoms with Gasteiger partial charge in [-0.25, -0.2) is 0 Å². The molecule has 0 amide bonds. The van der Waals surface area contributed by atoms with Crippen molar-refractivity contribution in [3.63, 3.8) is 0 Å². The molecule has 0 saturated heterocycles. The van der Waals surface area contributed by atoms with E-state index in [2.05, 4.69) is 10.1 Å². The molecule has 12 heavy (non-hydrogen) atoms. The maximum Gasteiger partial charge on any atom is 0.295 e. The predicted octanol–water partition coefficient (Wildman–Crippen LogP) is 1.57. The fraction of sp³-hybridized carbons (Fsp3) is 0. The fourth-order valence-corrected chi connectivity index (χ4v) is 0.910. The van der Waals surface area contributed by atoms with Gasteiger partial charge in [-0.05, 0) is 28.9 Å². The average molecular weight is 186 g/mol. The molecular formula is C6H4ClN3O2. The fourth-order valence-electron chi connectivity index (χ4n) is 0.764. The van der Waals surface area contributed by atoms with E-state index in [1.807, 2.05) is 0 Å². The number of nitrogens with two attached hydrogens (primary N) is 1. The van der Waals surface area contributed by atoms with E-state index in [0.29, 0.717) is 5.76 Å². The Morgan fingerprint density at radius 1 is 1.42 bits per heavy atom. The highest BCUT2D eigenvalue weighted by atomic mass is 35.5. The first kappa shape index (κ1) is 7.17. The van der Waals surface area contributed by atoms with E-state index in [4.69, 9.17) is 26.3 Å². The van der Waals surface area contributed by atoms with Crippen molar-refractivity contribution >= 4 is 17.5 Å². The first-order chi connectivity index (χ1) is 5.75. The summed E-state index contributed by atoms with van der Waals surface area (Å²) in [6.07, 6.45) is 0. The minimum Gasteiger partial charge on any atom is -0.440 e. The standard InChI is InChI=1S/C6H4ClN3O2/c7-4-2-1-3(11-4)5-9-6(8)10-12-5/h1-2H,(H2,8,10). The van der Waals surface area contributed by atoms with Crippen molar-refractivity contribution in [2.45, 2.75) is 0 Å². The van der Waals surface area contributed by atoms with Gasteiger partial charge in [0, 0.05) is 0 Å².